The van der Waals surface area contributed by atoms with E-state index in [0.717, 1.165) is 11.3 Å². The summed E-state index contributed by atoms with van der Waals surface area (Å²) in [5.74, 6) is -0.412. The molecule has 0 saturated carbocycles. The Labute approximate surface area is 125 Å². The van der Waals surface area contributed by atoms with E-state index in [2.05, 4.69) is 20.2 Å². The van der Waals surface area contributed by atoms with Crippen molar-refractivity contribution < 1.29 is 4.39 Å². The van der Waals surface area contributed by atoms with Crippen LogP contribution in [0, 0.1) is 12.7 Å². The van der Waals surface area contributed by atoms with Gasteiger partial charge in [-0.1, -0.05) is 30.3 Å². The molecule has 106 valence electrons. The van der Waals surface area contributed by atoms with Gasteiger partial charge in [-0.05, 0) is 13.0 Å². The van der Waals surface area contributed by atoms with Crippen molar-refractivity contribution in [3.63, 3.8) is 0 Å². The van der Waals surface area contributed by atoms with E-state index in [4.69, 9.17) is 0 Å². The van der Waals surface area contributed by atoms with Crippen molar-refractivity contribution in [2.75, 3.05) is 0 Å². The topological polar surface area (TPSA) is 51.6 Å². The van der Waals surface area contributed by atoms with Crippen LogP contribution in [-0.4, -0.2) is 20.2 Å². The summed E-state index contributed by atoms with van der Waals surface area (Å²) in [5, 5.41) is 8.89. The van der Waals surface area contributed by atoms with Crippen LogP contribution in [0.2, 0.25) is 0 Å². The van der Waals surface area contributed by atoms with Crippen molar-refractivity contribution in [1.82, 2.24) is 20.2 Å². The first kappa shape index (κ1) is 12.8. The zero-order valence-electron chi connectivity index (χ0n) is 11.8. The summed E-state index contributed by atoms with van der Waals surface area (Å²) in [5.41, 5.74) is 3.27. The zero-order valence-corrected chi connectivity index (χ0v) is 11.8. The summed E-state index contributed by atoms with van der Waals surface area (Å²) in [7, 11) is 0. The van der Waals surface area contributed by atoms with Crippen LogP contribution in [-0.2, 0) is 0 Å². The third-order valence-electron chi connectivity index (χ3n) is 3.58. The maximum atomic E-state index is 14.3. The summed E-state index contributed by atoms with van der Waals surface area (Å²) in [6.07, 6.45) is 3.22. The molecule has 0 atom stereocenters. The predicted octanol–water partition coefficient (Wildman–Crippen LogP) is 3.69. The molecule has 0 spiro atoms. The van der Waals surface area contributed by atoms with Gasteiger partial charge in [-0.25, -0.2) is 4.39 Å². The SMILES string of the molecule is Cc1cnc2c(cc(F)c3nncc32)c(-c2ccccc2)n1. The van der Waals surface area contributed by atoms with Crippen molar-refractivity contribution in [3.05, 3.63) is 60.3 Å². The fourth-order valence-electron chi connectivity index (χ4n) is 2.58. The number of aryl methyl sites for hydroxylation is 1. The molecule has 0 aliphatic carbocycles. The largest absolute Gasteiger partial charge is 0.254 e. The zero-order chi connectivity index (χ0) is 15.1. The highest BCUT2D eigenvalue weighted by Crippen LogP contribution is 2.30. The fraction of sp³-hybridized carbons (Fsp3) is 0.0588. The van der Waals surface area contributed by atoms with Crippen LogP contribution in [0.3, 0.4) is 0 Å². The van der Waals surface area contributed by atoms with Crippen LogP contribution in [0.25, 0.3) is 33.1 Å². The number of fused-ring (bicyclic) bond motifs is 3. The maximum Gasteiger partial charge on any atom is 0.152 e. The third kappa shape index (κ3) is 1.90. The minimum Gasteiger partial charge on any atom is -0.254 e. The Kier molecular flexibility index (Phi) is 2.79. The molecule has 0 saturated heterocycles. The van der Waals surface area contributed by atoms with Gasteiger partial charge in [0.25, 0.3) is 0 Å². The van der Waals surface area contributed by atoms with Crippen LogP contribution in [0.4, 0.5) is 4.39 Å². The maximum absolute atomic E-state index is 14.3. The van der Waals surface area contributed by atoms with E-state index in [-0.39, 0.29) is 5.52 Å². The molecule has 4 rings (SSSR count). The molecule has 2 heterocycles. The van der Waals surface area contributed by atoms with Crippen molar-refractivity contribution in [2.45, 2.75) is 6.92 Å². The second-order valence-electron chi connectivity index (χ2n) is 5.09. The lowest BCUT2D eigenvalue weighted by molar-refractivity contribution is 0.638. The number of halogens is 1. The Morgan fingerprint density at radius 2 is 1.77 bits per heavy atom. The molecule has 5 heteroatoms. The number of nitrogens with zero attached hydrogens (tertiary/aromatic N) is 4. The summed E-state index contributed by atoms with van der Waals surface area (Å²) in [6, 6.07) is 11.1. The lowest BCUT2D eigenvalue weighted by Crippen LogP contribution is -1.86. The molecule has 0 bridgehead atoms. The summed E-state index contributed by atoms with van der Waals surface area (Å²) in [4.78, 5) is 9.06. The second-order valence-corrected chi connectivity index (χ2v) is 5.09. The lowest BCUT2D eigenvalue weighted by Gasteiger charge is -2.03. The van der Waals surface area contributed by atoms with E-state index in [1.807, 2.05) is 37.3 Å². The monoisotopic (exact) mass is 290 g/mol. The second kappa shape index (κ2) is 4.80. The minimum atomic E-state index is -0.412. The molecule has 0 unspecified atom stereocenters. The molecule has 0 fully saturated rings. The number of aromatic nitrogens is 4. The van der Waals surface area contributed by atoms with Crippen LogP contribution in [0.15, 0.2) is 48.8 Å². The fourth-order valence-corrected chi connectivity index (χ4v) is 2.58. The minimum absolute atomic E-state index is 0.239. The summed E-state index contributed by atoms with van der Waals surface area (Å²) in [6.45, 7) is 1.87. The van der Waals surface area contributed by atoms with Crippen molar-refractivity contribution in [1.29, 1.82) is 0 Å². The highest BCUT2D eigenvalue weighted by Gasteiger charge is 2.14. The van der Waals surface area contributed by atoms with Gasteiger partial charge in [-0.2, -0.15) is 5.10 Å². The normalized spacial score (nSPS) is 11.2. The quantitative estimate of drug-likeness (QED) is 0.536. The molecule has 0 aliphatic heterocycles. The first-order chi connectivity index (χ1) is 10.7. The Morgan fingerprint density at radius 3 is 2.59 bits per heavy atom. The van der Waals surface area contributed by atoms with Gasteiger partial charge in [0.2, 0.25) is 0 Å². The van der Waals surface area contributed by atoms with Gasteiger partial charge in [0.1, 0.15) is 5.52 Å². The van der Waals surface area contributed by atoms with Crippen molar-refractivity contribution in [3.8, 4) is 11.3 Å². The van der Waals surface area contributed by atoms with Crippen molar-refractivity contribution >= 4 is 21.8 Å². The third-order valence-corrected chi connectivity index (χ3v) is 3.58. The van der Waals surface area contributed by atoms with E-state index < -0.39 is 5.82 Å². The molecule has 0 aliphatic rings. The van der Waals surface area contributed by atoms with Gasteiger partial charge in [0.05, 0.1) is 28.5 Å². The molecule has 2 aromatic carbocycles. The smallest absolute Gasteiger partial charge is 0.152 e. The van der Waals surface area contributed by atoms with Crippen LogP contribution in [0.1, 0.15) is 5.69 Å². The highest BCUT2D eigenvalue weighted by molar-refractivity contribution is 6.07. The van der Waals surface area contributed by atoms with Gasteiger partial charge in [0.15, 0.2) is 5.82 Å². The molecule has 22 heavy (non-hydrogen) atoms. The Bertz CT molecular complexity index is 999. The Morgan fingerprint density at radius 1 is 0.955 bits per heavy atom. The average molecular weight is 290 g/mol. The average Bonchev–Trinajstić information content (AvgIpc) is 2.97. The van der Waals surface area contributed by atoms with E-state index in [1.165, 1.54) is 12.3 Å². The number of hydrogen-bond acceptors (Lipinski definition) is 4. The van der Waals surface area contributed by atoms with Gasteiger partial charge in [0, 0.05) is 17.1 Å². The van der Waals surface area contributed by atoms with Crippen molar-refractivity contribution in [2.24, 2.45) is 0 Å². The Balaban J connectivity index is 2.23. The van der Waals surface area contributed by atoms with E-state index in [1.54, 1.807) is 6.20 Å². The first-order valence-electron chi connectivity index (χ1n) is 6.87. The lowest BCUT2D eigenvalue weighted by atomic mass is 10.1. The molecule has 2 aromatic heterocycles. The predicted molar refractivity (Wildman–Crippen MR) is 82.8 cm³/mol. The number of hydrogen-bond donors (Lipinski definition) is 0. The Hall–Kier alpha value is -2.95. The summed E-state index contributed by atoms with van der Waals surface area (Å²) >= 11 is 0. The molecule has 4 nitrogen and oxygen atoms in total. The number of rotatable bonds is 1. The molecular formula is C17H11FN4. The van der Waals surface area contributed by atoms with E-state index >= 15 is 0 Å². The van der Waals surface area contributed by atoms with Gasteiger partial charge >= 0.3 is 0 Å². The highest BCUT2D eigenvalue weighted by atomic mass is 19.1. The number of benzene rings is 2. The van der Waals surface area contributed by atoms with Crippen LogP contribution < -0.4 is 0 Å². The molecule has 4 aromatic rings. The van der Waals surface area contributed by atoms with Gasteiger partial charge in [-0.3, -0.25) is 9.97 Å². The standard InChI is InChI=1S/C17H11FN4/c1-10-8-19-16-12(7-14(18)17-13(16)9-20-22-17)15(21-10)11-5-3-2-4-6-11/h2-9H,1H3. The van der Waals surface area contributed by atoms with Gasteiger partial charge < -0.3 is 0 Å². The molecule has 0 amide bonds. The first-order valence-corrected chi connectivity index (χ1v) is 6.87. The van der Waals surface area contributed by atoms with Gasteiger partial charge in [-0.15, -0.1) is 5.10 Å². The van der Waals surface area contributed by atoms with Crippen LogP contribution >= 0.6 is 0 Å². The molecule has 0 N–H and O–H groups in total. The van der Waals surface area contributed by atoms with E-state index in [9.17, 15) is 4.39 Å². The summed E-state index contributed by atoms with van der Waals surface area (Å²) < 4.78 is 14.3. The molecule has 0 radical (unpaired) electrons. The van der Waals surface area contributed by atoms with E-state index in [0.29, 0.717) is 22.0 Å². The molecular weight excluding hydrogens is 279 g/mol. The van der Waals surface area contributed by atoms with Crippen LogP contribution in [0.5, 0.6) is 0 Å².